The molecule has 0 spiro atoms. The number of rotatable bonds is 7. The van der Waals surface area contributed by atoms with Crippen molar-refractivity contribution in [2.75, 3.05) is 10.0 Å². The Morgan fingerprint density at radius 3 is 2.22 bits per heavy atom. The summed E-state index contributed by atoms with van der Waals surface area (Å²) in [6.45, 7) is 7.71. The first-order chi connectivity index (χ1) is 15.1. The smallest absolute Gasteiger partial charge is 0.263 e. The molecule has 2 aromatic carbocycles. The van der Waals surface area contributed by atoms with Crippen molar-refractivity contribution in [3.63, 3.8) is 0 Å². The quantitative estimate of drug-likeness (QED) is 0.510. The Hall–Kier alpha value is -3.52. The maximum atomic E-state index is 12.6. The number of carbonyl (C=O) groups is 1. The van der Waals surface area contributed by atoms with Gasteiger partial charge in [0, 0.05) is 23.5 Å². The van der Waals surface area contributed by atoms with Crippen molar-refractivity contribution in [1.82, 2.24) is 9.97 Å². The van der Waals surface area contributed by atoms with Crippen molar-refractivity contribution in [2.45, 2.75) is 38.5 Å². The molecule has 0 fully saturated rings. The van der Waals surface area contributed by atoms with E-state index in [1.807, 2.05) is 24.3 Å². The van der Waals surface area contributed by atoms with Crippen molar-refractivity contribution in [3.8, 4) is 0 Å². The largest absolute Gasteiger partial charge is 0.323 e. The van der Waals surface area contributed by atoms with Gasteiger partial charge in [-0.3, -0.25) is 9.52 Å². The van der Waals surface area contributed by atoms with Gasteiger partial charge in [-0.1, -0.05) is 38.1 Å². The molecular formula is C24H26N4O3S. The first-order valence-corrected chi connectivity index (χ1v) is 11.6. The van der Waals surface area contributed by atoms with Gasteiger partial charge in [0.2, 0.25) is 5.91 Å². The van der Waals surface area contributed by atoms with E-state index < -0.39 is 10.0 Å². The second-order valence-corrected chi connectivity index (χ2v) is 9.40. The summed E-state index contributed by atoms with van der Waals surface area (Å²) in [5.74, 6) is 0.828. The standard InChI is InChI=1S/C24H26N4O3S/c1-16(2)20-8-5-19(6-9-20)7-14-24(29)27-21-10-12-22(13-11-21)32(30,31)28-23-15-17(3)25-18(4)26-23/h5-16H,1-4H3,(H,27,29)(H,25,26,28)/b14-7-. The molecule has 7 nitrogen and oxygen atoms in total. The molecule has 0 unspecified atom stereocenters. The monoisotopic (exact) mass is 450 g/mol. The summed E-state index contributed by atoms with van der Waals surface area (Å²) in [5.41, 5.74) is 3.31. The van der Waals surface area contributed by atoms with Gasteiger partial charge in [-0.15, -0.1) is 0 Å². The maximum absolute atomic E-state index is 12.6. The van der Waals surface area contributed by atoms with E-state index >= 15 is 0 Å². The predicted octanol–water partition coefficient (Wildman–Crippen LogP) is 4.67. The SMILES string of the molecule is Cc1cc(NS(=O)(=O)c2ccc(NC(=O)/C=C\c3ccc(C(C)C)cc3)cc2)nc(C)n1. The molecule has 1 heterocycles. The highest BCUT2D eigenvalue weighted by Crippen LogP contribution is 2.18. The number of amides is 1. The van der Waals surface area contributed by atoms with Gasteiger partial charge in [0.25, 0.3) is 10.0 Å². The van der Waals surface area contributed by atoms with Gasteiger partial charge in [0.15, 0.2) is 0 Å². The molecule has 1 aromatic heterocycles. The van der Waals surface area contributed by atoms with Gasteiger partial charge in [0.05, 0.1) is 4.90 Å². The fraction of sp³-hybridized carbons (Fsp3) is 0.208. The molecule has 1 amide bonds. The van der Waals surface area contributed by atoms with Crippen LogP contribution in [-0.4, -0.2) is 24.3 Å². The van der Waals surface area contributed by atoms with Crippen molar-refractivity contribution >= 4 is 33.5 Å². The number of nitrogens with one attached hydrogen (secondary N) is 2. The van der Waals surface area contributed by atoms with Gasteiger partial charge >= 0.3 is 0 Å². The van der Waals surface area contributed by atoms with E-state index in [0.29, 0.717) is 23.1 Å². The first kappa shape index (κ1) is 23.1. The number of aryl methyl sites for hydroxylation is 2. The molecule has 3 aromatic rings. The number of anilines is 2. The zero-order valence-corrected chi connectivity index (χ0v) is 19.3. The Bertz CT molecular complexity index is 1210. The molecular weight excluding hydrogens is 424 g/mol. The van der Waals surface area contributed by atoms with Crippen LogP contribution in [0.4, 0.5) is 11.5 Å². The van der Waals surface area contributed by atoms with E-state index in [-0.39, 0.29) is 16.6 Å². The Balaban J connectivity index is 1.63. The summed E-state index contributed by atoms with van der Waals surface area (Å²) < 4.78 is 27.7. The zero-order valence-electron chi connectivity index (χ0n) is 18.5. The average Bonchev–Trinajstić information content (AvgIpc) is 2.72. The molecule has 0 aliphatic rings. The van der Waals surface area contributed by atoms with E-state index in [1.165, 1.54) is 35.9 Å². The van der Waals surface area contributed by atoms with Gasteiger partial charge in [-0.05, 0) is 61.2 Å². The summed E-state index contributed by atoms with van der Waals surface area (Å²) in [5, 5.41) is 2.72. The van der Waals surface area contributed by atoms with Crippen LogP contribution in [-0.2, 0) is 14.8 Å². The molecule has 0 saturated heterocycles. The maximum Gasteiger partial charge on any atom is 0.263 e. The minimum Gasteiger partial charge on any atom is -0.323 e. The third kappa shape index (κ3) is 6.24. The third-order valence-corrected chi connectivity index (χ3v) is 6.04. The number of benzene rings is 2. The Morgan fingerprint density at radius 1 is 0.969 bits per heavy atom. The topological polar surface area (TPSA) is 101 Å². The van der Waals surface area contributed by atoms with Crippen LogP contribution >= 0.6 is 0 Å². The molecule has 0 atom stereocenters. The summed E-state index contributed by atoms with van der Waals surface area (Å²) in [7, 11) is -3.82. The van der Waals surface area contributed by atoms with Gasteiger partial charge in [-0.25, -0.2) is 18.4 Å². The highest BCUT2D eigenvalue weighted by Gasteiger charge is 2.15. The first-order valence-electron chi connectivity index (χ1n) is 10.2. The van der Waals surface area contributed by atoms with Crippen molar-refractivity contribution < 1.29 is 13.2 Å². The summed E-state index contributed by atoms with van der Waals surface area (Å²) in [4.78, 5) is 20.5. The van der Waals surface area contributed by atoms with E-state index in [0.717, 1.165) is 5.56 Å². The summed E-state index contributed by atoms with van der Waals surface area (Å²) >= 11 is 0. The van der Waals surface area contributed by atoms with Crippen LogP contribution in [0.5, 0.6) is 0 Å². The molecule has 0 saturated carbocycles. The second-order valence-electron chi connectivity index (χ2n) is 7.72. The summed E-state index contributed by atoms with van der Waals surface area (Å²) in [6.07, 6.45) is 3.17. The van der Waals surface area contributed by atoms with Gasteiger partial charge in [0.1, 0.15) is 11.6 Å². The Labute approximate surface area is 188 Å². The lowest BCUT2D eigenvalue weighted by Crippen LogP contribution is -2.15. The molecule has 0 aliphatic heterocycles. The van der Waals surface area contributed by atoms with Crippen LogP contribution < -0.4 is 10.0 Å². The third-order valence-electron chi connectivity index (χ3n) is 4.67. The van der Waals surface area contributed by atoms with E-state index in [4.69, 9.17) is 0 Å². The number of nitrogens with zero attached hydrogens (tertiary/aromatic N) is 2. The normalized spacial score (nSPS) is 11.7. The lowest BCUT2D eigenvalue weighted by atomic mass is 10.0. The Morgan fingerprint density at radius 2 is 1.62 bits per heavy atom. The van der Waals surface area contributed by atoms with Crippen LogP contribution in [0.1, 0.15) is 42.4 Å². The van der Waals surface area contributed by atoms with E-state index in [1.54, 1.807) is 26.0 Å². The fourth-order valence-corrected chi connectivity index (χ4v) is 4.02. The van der Waals surface area contributed by atoms with Crippen LogP contribution in [0.3, 0.4) is 0 Å². The van der Waals surface area contributed by atoms with Crippen LogP contribution in [0.2, 0.25) is 0 Å². The minimum atomic E-state index is -3.82. The number of carbonyl (C=O) groups excluding carboxylic acids is 1. The average molecular weight is 451 g/mol. The second kappa shape index (κ2) is 9.74. The van der Waals surface area contributed by atoms with Crippen LogP contribution in [0.15, 0.2) is 65.6 Å². The van der Waals surface area contributed by atoms with Crippen molar-refractivity contribution in [1.29, 1.82) is 0 Å². The van der Waals surface area contributed by atoms with Crippen LogP contribution in [0, 0.1) is 13.8 Å². The van der Waals surface area contributed by atoms with E-state index in [2.05, 4.69) is 33.9 Å². The predicted molar refractivity (Wildman–Crippen MR) is 127 cm³/mol. The number of aromatic nitrogens is 2. The lowest BCUT2D eigenvalue weighted by molar-refractivity contribution is -0.111. The molecule has 0 radical (unpaired) electrons. The number of hydrogen-bond donors (Lipinski definition) is 2. The lowest BCUT2D eigenvalue weighted by Gasteiger charge is -2.09. The molecule has 2 N–H and O–H groups in total. The molecule has 32 heavy (non-hydrogen) atoms. The molecule has 3 rings (SSSR count). The number of hydrogen-bond acceptors (Lipinski definition) is 5. The zero-order chi connectivity index (χ0) is 23.3. The number of sulfonamides is 1. The highest BCUT2D eigenvalue weighted by atomic mass is 32.2. The molecule has 8 heteroatoms. The van der Waals surface area contributed by atoms with Crippen molar-refractivity contribution in [3.05, 3.63) is 83.3 Å². The van der Waals surface area contributed by atoms with Gasteiger partial charge in [-0.2, -0.15) is 0 Å². The van der Waals surface area contributed by atoms with Crippen LogP contribution in [0.25, 0.3) is 6.08 Å². The van der Waals surface area contributed by atoms with E-state index in [9.17, 15) is 13.2 Å². The fourth-order valence-electron chi connectivity index (χ4n) is 3.03. The summed E-state index contributed by atoms with van der Waals surface area (Å²) in [6, 6.07) is 15.5. The highest BCUT2D eigenvalue weighted by molar-refractivity contribution is 7.92. The minimum absolute atomic E-state index is 0.0604. The Kier molecular flexibility index (Phi) is 7.05. The van der Waals surface area contributed by atoms with Gasteiger partial charge < -0.3 is 5.32 Å². The molecule has 166 valence electrons. The van der Waals surface area contributed by atoms with Crippen molar-refractivity contribution in [2.24, 2.45) is 0 Å². The molecule has 0 bridgehead atoms. The molecule has 0 aliphatic carbocycles.